The van der Waals surface area contributed by atoms with E-state index in [-0.39, 0.29) is 10.6 Å². The number of benzene rings is 1. The third-order valence-corrected chi connectivity index (χ3v) is 2.83. The lowest BCUT2D eigenvalue weighted by Crippen LogP contribution is -2.15. The van der Waals surface area contributed by atoms with Gasteiger partial charge in [-0.05, 0) is 24.1 Å². The van der Waals surface area contributed by atoms with Gasteiger partial charge in [0, 0.05) is 0 Å². The largest absolute Gasteiger partial charge is 0.397 e. The number of nitrogen functional groups attached to an aromatic ring is 1. The Balaban J connectivity index is 3.53. The van der Waals surface area contributed by atoms with Crippen LogP contribution in [0.3, 0.4) is 0 Å². The van der Waals surface area contributed by atoms with Crippen molar-refractivity contribution in [3.63, 3.8) is 0 Å². The lowest BCUT2D eigenvalue weighted by Gasteiger charge is -2.08. The summed E-state index contributed by atoms with van der Waals surface area (Å²) in [5.74, 6) is -0.653. The van der Waals surface area contributed by atoms with Crippen molar-refractivity contribution >= 4 is 15.7 Å². The molecule has 0 saturated carbocycles. The summed E-state index contributed by atoms with van der Waals surface area (Å²) in [4.78, 5) is -0.352. The molecule has 0 fully saturated rings. The molecule has 0 heterocycles. The summed E-state index contributed by atoms with van der Waals surface area (Å²) in [5.41, 5.74) is 5.99. The fraction of sp³-hybridized carbons (Fsp3) is 0.250. The van der Waals surface area contributed by atoms with Gasteiger partial charge >= 0.3 is 0 Å². The van der Waals surface area contributed by atoms with Crippen molar-refractivity contribution in [3.05, 3.63) is 23.5 Å². The first-order valence-corrected chi connectivity index (χ1v) is 5.51. The Morgan fingerprint density at radius 2 is 2.00 bits per heavy atom. The number of halogens is 1. The zero-order valence-corrected chi connectivity index (χ0v) is 8.44. The molecule has 0 spiro atoms. The molecule has 4 nitrogen and oxygen atoms in total. The highest BCUT2D eigenvalue weighted by molar-refractivity contribution is 7.89. The smallest absolute Gasteiger partial charge is 0.240 e. The predicted octanol–water partition coefficient (Wildman–Crippen LogP) is 0.618. The minimum atomic E-state index is -3.95. The van der Waals surface area contributed by atoms with Crippen molar-refractivity contribution in [2.75, 3.05) is 5.73 Å². The summed E-state index contributed by atoms with van der Waals surface area (Å²) < 4.78 is 35.0. The van der Waals surface area contributed by atoms with Gasteiger partial charge in [-0.2, -0.15) is 0 Å². The standard InChI is InChI=1S/C8H11FN2O2S/c1-2-5-3-6(9)4-7(8(5)10)14(11,12)13/h3-4H,2,10H2,1H3,(H2,11,12,13). The van der Waals surface area contributed by atoms with Crippen molar-refractivity contribution in [3.8, 4) is 0 Å². The lowest BCUT2D eigenvalue weighted by molar-refractivity contribution is 0.592. The Morgan fingerprint density at radius 1 is 1.43 bits per heavy atom. The summed E-state index contributed by atoms with van der Waals surface area (Å²) in [7, 11) is -3.95. The fourth-order valence-electron chi connectivity index (χ4n) is 1.18. The van der Waals surface area contributed by atoms with Crippen LogP contribution in [0.2, 0.25) is 0 Å². The quantitative estimate of drug-likeness (QED) is 0.713. The van der Waals surface area contributed by atoms with Crippen molar-refractivity contribution in [1.29, 1.82) is 0 Å². The van der Waals surface area contributed by atoms with Gasteiger partial charge in [-0.3, -0.25) is 0 Å². The van der Waals surface area contributed by atoms with Gasteiger partial charge in [0.05, 0.1) is 5.69 Å². The summed E-state index contributed by atoms with van der Waals surface area (Å²) in [6.07, 6.45) is 0.451. The number of primary sulfonamides is 1. The van der Waals surface area contributed by atoms with Crippen LogP contribution in [0, 0.1) is 5.82 Å². The molecule has 1 aromatic rings. The first-order valence-electron chi connectivity index (χ1n) is 3.97. The highest BCUT2D eigenvalue weighted by Gasteiger charge is 2.16. The Hall–Kier alpha value is -1.14. The van der Waals surface area contributed by atoms with Gasteiger partial charge in [0.1, 0.15) is 10.7 Å². The van der Waals surface area contributed by atoms with Crippen LogP contribution in [0.1, 0.15) is 12.5 Å². The van der Waals surface area contributed by atoms with Crippen molar-refractivity contribution in [2.24, 2.45) is 5.14 Å². The first kappa shape index (κ1) is 10.9. The van der Waals surface area contributed by atoms with Crippen LogP contribution in [-0.2, 0) is 16.4 Å². The summed E-state index contributed by atoms with van der Waals surface area (Å²) in [5, 5.41) is 4.88. The van der Waals surface area contributed by atoms with Gasteiger partial charge < -0.3 is 5.73 Å². The van der Waals surface area contributed by atoms with E-state index in [1.54, 1.807) is 6.92 Å². The third-order valence-electron chi connectivity index (χ3n) is 1.88. The highest BCUT2D eigenvalue weighted by Crippen LogP contribution is 2.23. The van der Waals surface area contributed by atoms with E-state index in [0.717, 1.165) is 6.07 Å². The molecule has 0 aromatic heterocycles. The van der Waals surface area contributed by atoms with Gasteiger partial charge in [-0.25, -0.2) is 17.9 Å². The topological polar surface area (TPSA) is 86.2 Å². The van der Waals surface area contributed by atoms with Gasteiger partial charge in [0.25, 0.3) is 0 Å². The first-order chi connectivity index (χ1) is 6.36. The molecule has 0 unspecified atom stereocenters. The molecule has 0 amide bonds. The summed E-state index contributed by atoms with van der Waals surface area (Å²) >= 11 is 0. The zero-order chi connectivity index (χ0) is 10.9. The van der Waals surface area contributed by atoms with Crippen molar-refractivity contribution in [1.82, 2.24) is 0 Å². The molecule has 0 saturated heterocycles. The molecular formula is C8H11FN2O2S. The highest BCUT2D eigenvalue weighted by atomic mass is 32.2. The van der Waals surface area contributed by atoms with Crippen LogP contribution in [0.4, 0.5) is 10.1 Å². The number of hydrogen-bond donors (Lipinski definition) is 2. The molecule has 6 heteroatoms. The van der Waals surface area contributed by atoms with E-state index in [9.17, 15) is 12.8 Å². The van der Waals surface area contributed by atoms with E-state index in [0.29, 0.717) is 12.0 Å². The Bertz CT molecular complexity index is 457. The van der Waals surface area contributed by atoms with Crippen LogP contribution < -0.4 is 10.9 Å². The number of hydrogen-bond acceptors (Lipinski definition) is 3. The maximum Gasteiger partial charge on any atom is 0.240 e. The van der Waals surface area contributed by atoms with Gasteiger partial charge in [0.2, 0.25) is 10.0 Å². The van der Waals surface area contributed by atoms with Gasteiger partial charge in [-0.1, -0.05) is 6.92 Å². The number of anilines is 1. The van der Waals surface area contributed by atoms with Crippen LogP contribution >= 0.6 is 0 Å². The number of sulfonamides is 1. The lowest BCUT2D eigenvalue weighted by atomic mass is 10.1. The van der Waals surface area contributed by atoms with E-state index in [1.165, 1.54) is 6.07 Å². The second kappa shape index (κ2) is 3.55. The number of rotatable bonds is 2. The predicted molar refractivity (Wildman–Crippen MR) is 51.6 cm³/mol. The van der Waals surface area contributed by atoms with E-state index < -0.39 is 15.8 Å². The zero-order valence-electron chi connectivity index (χ0n) is 7.62. The molecule has 0 atom stereocenters. The molecule has 0 bridgehead atoms. The normalized spacial score (nSPS) is 11.6. The fourth-order valence-corrected chi connectivity index (χ4v) is 1.89. The second-order valence-corrected chi connectivity index (χ2v) is 4.41. The van der Waals surface area contributed by atoms with E-state index in [1.807, 2.05) is 0 Å². The molecule has 0 aliphatic heterocycles. The molecule has 0 aliphatic rings. The summed E-state index contributed by atoms with van der Waals surface area (Å²) in [6, 6.07) is 2.02. The van der Waals surface area contributed by atoms with Crippen LogP contribution in [0.25, 0.3) is 0 Å². The molecule has 0 radical (unpaired) electrons. The Labute approximate surface area is 81.8 Å². The van der Waals surface area contributed by atoms with Crippen LogP contribution in [-0.4, -0.2) is 8.42 Å². The minimum absolute atomic E-state index is 0.0244. The van der Waals surface area contributed by atoms with E-state index >= 15 is 0 Å². The maximum absolute atomic E-state index is 12.9. The summed E-state index contributed by atoms with van der Waals surface area (Å²) in [6.45, 7) is 1.75. The second-order valence-electron chi connectivity index (χ2n) is 2.88. The van der Waals surface area contributed by atoms with Crippen molar-refractivity contribution < 1.29 is 12.8 Å². The number of nitrogens with two attached hydrogens (primary N) is 2. The average Bonchev–Trinajstić information content (AvgIpc) is 2.06. The van der Waals surface area contributed by atoms with E-state index in [4.69, 9.17) is 10.9 Å². The molecule has 1 rings (SSSR count). The Kier molecular flexibility index (Phi) is 2.77. The molecule has 14 heavy (non-hydrogen) atoms. The van der Waals surface area contributed by atoms with E-state index in [2.05, 4.69) is 0 Å². The number of aryl methyl sites for hydroxylation is 1. The SMILES string of the molecule is CCc1cc(F)cc(S(N)(=O)=O)c1N. The third kappa shape index (κ3) is 2.02. The molecule has 78 valence electrons. The molecule has 4 N–H and O–H groups in total. The molecular weight excluding hydrogens is 207 g/mol. The van der Waals surface area contributed by atoms with Gasteiger partial charge in [0.15, 0.2) is 0 Å². The average molecular weight is 218 g/mol. The van der Waals surface area contributed by atoms with Crippen LogP contribution in [0.15, 0.2) is 17.0 Å². The molecule has 1 aromatic carbocycles. The minimum Gasteiger partial charge on any atom is -0.397 e. The van der Waals surface area contributed by atoms with Gasteiger partial charge in [-0.15, -0.1) is 0 Å². The Morgan fingerprint density at radius 3 is 2.43 bits per heavy atom. The monoisotopic (exact) mass is 218 g/mol. The maximum atomic E-state index is 12.9. The van der Waals surface area contributed by atoms with Crippen LogP contribution in [0.5, 0.6) is 0 Å². The van der Waals surface area contributed by atoms with Crippen molar-refractivity contribution in [2.45, 2.75) is 18.2 Å². The molecule has 0 aliphatic carbocycles.